The molecule has 0 bridgehead atoms. The van der Waals surface area contributed by atoms with E-state index in [4.69, 9.17) is 16.7 Å². The number of aromatic nitrogens is 1. The van der Waals surface area contributed by atoms with Gasteiger partial charge in [-0.3, -0.25) is 0 Å². The Bertz CT molecular complexity index is 1350. The summed E-state index contributed by atoms with van der Waals surface area (Å²) < 4.78 is 15.3. The standard InChI is InChI=1S/C25H16ClFN2O2/c26-21-7-10-24-23(12-21)20(15-29(24)14-16-1-8-22(27)9-2-16)11-19(13-28)17-3-5-18(6-4-17)25(30)31/h1-12,15H,14H2,(H,30,31). The maximum atomic E-state index is 13.2. The lowest BCUT2D eigenvalue weighted by atomic mass is 10.0. The summed E-state index contributed by atoms with van der Waals surface area (Å²) in [5, 5.41) is 20.2. The van der Waals surface area contributed by atoms with Gasteiger partial charge in [0.25, 0.3) is 0 Å². The fourth-order valence-corrected chi connectivity index (χ4v) is 3.63. The third-order valence-electron chi connectivity index (χ3n) is 5.00. The van der Waals surface area contributed by atoms with Crippen molar-refractivity contribution in [1.82, 2.24) is 4.57 Å². The molecule has 6 heteroatoms. The van der Waals surface area contributed by atoms with Crippen LogP contribution in [0.1, 0.15) is 27.0 Å². The highest BCUT2D eigenvalue weighted by atomic mass is 35.5. The molecule has 0 aliphatic rings. The molecule has 4 rings (SSSR count). The third kappa shape index (κ3) is 4.35. The van der Waals surface area contributed by atoms with E-state index in [9.17, 15) is 14.4 Å². The van der Waals surface area contributed by atoms with Crippen LogP contribution >= 0.6 is 11.6 Å². The Hall–Kier alpha value is -3.88. The van der Waals surface area contributed by atoms with Crippen molar-refractivity contribution in [3.63, 3.8) is 0 Å². The van der Waals surface area contributed by atoms with E-state index in [1.165, 1.54) is 24.3 Å². The fraction of sp³-hybridized carbons (Fsp3) is 0.0400. The Morgan fingerprint density at radius 3 is 2.39 bits per heavy atom. The van der Waals surface area contributed by atoms with Crippen LogP contribution < -0.4 is 0 Å². The maximum Gasteiger partial charge on any atom is 0.335 e. The second kappa shape index (κ2) is 8.47. The minimum absolute atomic E-state index is 0.156. The number of halogens is 2. The van der Waals surface area contributed by atoms with Crippen molar-refractivity contribution in [2.45, 2.75) is 6.54 Å². The molecular weight excluding hydrogens is 415 g/mol. The van der Waals surface area contributed by atoms with Crippen LogP contribution in [-0.2, 0) is 6.54 Å². The number of carbonyl (C=O) groups is 1. The second-order valence-corrected chi connectivity index (χ2v) is 7.49. The predicted molar refractivity (Wildman–Crippen MR) is 119 cm³/mol. The molecule has 0 spiro atoms. The first-order valence-electron chi connectivity index (χ1n) is 9.43. The summed E-state index contributed by atoms with van der Waals surface area (Å²) in [6, 6.07) is 20.2. The molecule has 0 atom stereocenters. The number of allylic oxidation sites excluding steroid dienone is 1. The molecule has 0 unspecified atom stereocenters. The van der Waals surface area contributed by atoms with Gasteiger partial charge < -0.3 is 9.67 Å². The van der Waals surface area contributed by atoms with Crippen molar-refractivity contribution < 1.29 is 14.3 Å². The first-order chi connectivity index (χ1) is 14.9. The van der Waals surface area contributed by atoms with Gasteiger partial charge in [0.15, 0.2) is 0 Å². The van der Waals surface area contributed by atoms with Crippen molar-refractivity contribution in [1.29, 1.82) is 5.26 Å². The van der Waals surface area contributed by atoms with Crippen LogP contribution in [0.5, 0.6) is 0 Å². The summed E-state index contributed by atoms with van der Waals surface area (Å²) in [5.41, 5.74) is 3.85. The number of hydrogen-bond acceptors (Lipinski definition) is 2. The molecule has 4 nitrogen and oxygen atoms in total. The Labute approximate surface area is 183 Å². The zero-order chi connectivity index (χ0) is 22.0. The third-order valence-corrected chi connectivity index (χ3v) is 5.24. The van der Waals surface area contributed by atoms with Crippen molar-refractivity contribution in [2.24, 2.45) is 0 Å². The number of aromatic carboxylic acids is 1. The summed E-state index contributed by atoms with van der Waals surface area (Å²) in [4.78, 5) is 11.1. The van der Waals surface area contributed by atoms with Gasteiger partial charge in [0, 0.05) is 34.2 Å². The molecule has 31 heavy (non-hydrogen) atoms. The summed E-state index contributed by atoms with van der Waals surface area (Å²) in [5.74, 6) is -1.31. The van der Waals surface area contributed by atoms with Gasteiger partial charge in [0.2, 0.25) is 0 Å². The van der Waals surface area contributed by atoms with Crippen molar-refractivity contribution in [3.05, 3.63) is 106 Å². The zero-order valence-corrected chi connectivity index (χ0v) is 17.0. The van der Waals surface area contributed by atoms with Gasteiger partial charge >= 0.3 is 5.97 Å². The Balaban J connectivity index is 1.78. The second-order valence-electron chi connectivity index (χ2n) is 7.05. The minimum Gasteiger partial charge on any atom is -0.478 e. The number of nitriles is 1. The van der Waals surface area contributed by atoms with Gasteiger partial charge in [0.05, 0.1) is 17.2 Å². The topological polar surface area (TPSA) is 66.0 Å². The summed E-state index contributed by atoms with van der Waals surface area (Å²) in [6.07, 6.45) is 3.68. The van der Waals surface area contributed by atoms with E-state index < -0.39 is 5.97 Å². The van der Waals surface area contributed by atoms with Crippen LogP contribution in [0, 0.1) is 17.1 Å². The van der Waals surface area contributed by atoms with E-state index in [-0.39, 0.29) is 11.4 Å². The minimum atomic E-state index is -1.02. The molecule has 152 valence electrons. The van der Waals surface area contributed by atoms with Crippen LogP contribution in [0.15, 0.2) is 72.9 Å². The van der Waals surface area contributed by atoms with Crippen LogP contribution in [0.3, 0.4) is 0 Å². The lowest BCUT2D eigenvalue weighted by Crippen LogP contribution is -1.97. The molecular formula is C25H16ClFN2O2. The first kappa shape index (κ1) is 20.4. The fourth-order valence-electron chi connectivity index (χ4n) is 3.46. The lowest BCUT2D eigenvalue weighted by molar-refractivity contribution is 0.0697. The number of rotatable bonds is 5. The van der Waals surface area contributed by atoms with Gasteiger partial charge in [0.1, 0.15) is 5.82 Å². The highest BCUT2D eigenvalue weighted by Gasteiger charge is 2.11. The molecule has 0 fully saturated rings. The van der Waals surface area contributed by atoms with E-state index in [2.05, 4.69) is 6.07 Å². The number of carboxylic acid groups (broad SMARTS) is 1. The molecule has 0 aliphatic carbocycles. The van der Waals surface area contributed by atoms with Gasteiger partial charge in [-0.05, 0) is 59.7 Å². The molecule has 0 aliphatic heterocycles. The number of hydrogen-bond donors (Lipinski definition) is 1. The maximum absolute atomic E-state index is 13.2. The van der Waals surface area contributed by atoms with Crippen molar-refractivity contribution in [3.8, 4) is 6.07 Å². The SMILES string of the molecule is N#CC(=Cc1cn(Cc2ccc(F)cc2)c2ccc(Cl)cc12)c1ccc(C(=O)O)cc1. The average molecular weight is 431 g/mol. The zero-order valence-electron chi connectivity index (χ0n) is 16.2. The normalized spacial score (nSPS) is 11.5. The van der Waals surface area contributed by atoms with Crippen LogP contribution in [0.2, 0.25) is 5.02 Å². The summed E-state index contributed by atoms with van der Waals surface area (Å²) in [6.45, 7) is 0.529. The number of nitrogens with zero attached hydrogens (tertiary/aromatic N) is 2. The van der Waals surface area contributed by atoms with E-state index in [0.717, 1.165) is 22.0 Å². The smallest absolute Gasteiger partial charge is 0.335 e. The van der Waals surface area contributed by atoms with Gasteiger partial charge in [-0.15, -0.1) is 0 Å². The molecule has 0 saturated heterocycles. The number of benzene rings is 3. The average Bonchev–Trinajstić information content (AvgIpc) is 3.09. The van der Waals surface area contributed by atoms with E-state index in [1.807, 2.05) is 22.9 Å². The number of fused-ring (bicyclic) bond motifs is 1. The van der Waals surface area contributed by atoms with Crippen LogP contribution in [-0.4, -0.2) is 15.6 Å². The highest BCUT2D eigenvalue weighted by molar-refractivity contribution is 6.31. The molecule has 1 aromatic heterocycles. The Morgan fingerprint density at radius 2 is 1.74 bits per heavy atom. The van der Waals surface area contributed by atoms with Crippen molar-refractivity contribution >= 4 is 40.1 Å². The van der Waals surface area contributed by atoms with E-state index in [0.29, 0.717) is 22.7 Å². The monoisotopic (exact) mass is 430 g/mol. The highest BCUT2D eigenvalue weighted by Crippen LogP contribution is 2.29. The quantitative estimate of drug-likeness (QED) is 0.381. The van der Waals surface area contributed by atoms with Crippen LogP contribution in [0.4, 0.5) is 4.39 Å². The van der Waals surface area contributed by atoms with Crippen molar-refractivity contribution in [2.75, 3.05) is 0 Å². The molecule has 4 aromatic rings. The number of carboxylic acids is 1. The predicted octanol–water partition coefficient (Wildman–Crippen LogP) is 6.24. The van der Waals surface area contributed by atoms with E-state index in [1.54, 1.807) is 36.4 Å². The molecule has 1 heterocycles. The summed E-state index contributed by atoms with van der Waals surface area (Å²) >= 11 is 6.22. The molecule has 3 aromatic carbocycles. The largest absolute Gasteiger partial charge is 0.478 e. The van der Waals surface area contributed by atoms with Crippen LogP contribution in [0.25, 0.3) is 22.6 Å². The van der Waals surface area contributed by atoms with Gasteiger partial charge in [-0.25, -0.2) is 9.18 Å². The van der Waals surface area contributed by atoms with Gasteiger partial charge in [-0.2, -0.15) is 5.26 Å². The molecule has 0 amide bonds. The lowest BCUT2D eigenvalue weighted by Gasteiger charge is -2.05. The van der Waals surface area contributed by atoms with E-state index >= 15 is 0 Å². The molecule has 1 N–H and O–H groups in total. The van der Waals surface area contributed by atoms with Gasteiger partial charge in [-0.1, -0.05) is 35.9 Å². The summed E-state index contributed by atoms with van der Waals surface area (Å²) in [7, 11) is 0. The molecule has 0 saturated carbocycles. The molecule has 0 radical (unpaired) electrons. The first-order valence-corrected chi connectivity index (χ1v) is 9.81. The Morgan fingerprint density at radius 1 is 1.06 bits per heavy atom. The Kier molecular flexibility index (Phi) is 5.57.